The maximum Gasteiger partial charge on any atom is 0.273 e. The lowest BCUT2D eigenvalue weighted by atomic mass is 10.2. The molecule has 3 aromatic rings. The number of halogens is 1. The van der Waals surface area contributed by atoms with Gasteiger partial charge in [-0.1, -0.05) is 30.3 Å². The topological polar surface area (TPSA) is 76.7 Å². The Kier molecular flexibility index (Phi) is 6.78. The molecule has 0 saturated heterocycles. The molecule has 3 aromatic carbocycles. The van der Waals surface area contributed by atoms with Gasteiger partial charge in [0.15, 0.2) is 0 Å². The highest BCUT2D eigenvalue weighted by atomic mass is 19.1. The molecule has 0 radical (unpaired) electrons. The molecule has 0 fully saturated rings. The van der Waals surface area contributed by atoms with Crippen LogP contribution in [0.2, 0.25) is 0 Å². The second-order valence-corrected chi connectivity index (χ2v) is 5.92. The highest BCUT2D eigenvalue weighted by Crippen LogP contribution is 2.18. The molecule has 0 saturated carbocycles. The van der Waals surface area contributed by atoms with Crippen LogP contribution >= 0.6 is 0 Å². The van der Waals surface area contributed by atoms with Crippen LogP contribution in [0.15, 0.2) is 78.9 Å². The summed E-state index contributed by atoms with van der Waals surface area (Å²) in [7, 11) is 0. The van der Waals surface area contributed by atoms with E-state index in [0.29, 0.717) is 12.4 Å². The highest BCUT2D eigenvalue weighted by Gasteiger charge is 2.13. The number of amides is 2. The molecule has 2 N–H and O–H groups in total. The average molecular weight is 394 g/mol. The number of benzene rings is 3. The van der Waals surface area contributed by atoms with Crippen LogP contribution in [0.5, 0.6) is 11.5 Å². The fraction of sp³-hybridized carbons (Fsp3) is 0.0909. The van der Waals surface area contributed by atoms with E-state index in [0.717, 1.165) is 17.9 Å². The van der Waals surface area contributed by atoms with Crippen LogP contribution in [0.4, 0.5) is 4.39 Å². The van der Waals surface area contributed by atoms with Crippen molar-refractivity contribution in [2.75, 3.05) is 13.2 Å². The van der Waals surface area contributed by atoms with Crippen LogP contribution in [0.3, 0.4) is 0 Å². The zero-order chi connectivity index (χ0) is 20.5. The largest absolute Gasteiger partial charge is 0.490 e. The smallest absolute Gasteiger partial charge is 0.273 e. The molecule has 29 heavy (non-hydrogen) atoms. The number of carbonyl (C=O) groups excluding carboxylic acids is 2. The van der Waals surface area contributed by atoms with Gasteiger partial charge in [-0.2, -0.15) is 0 Å². The van der Waals surface area contributed by atoms with Gasteiger partial charge in [-0.05, 0) is 48.5 Å². The molecule has 6 nitrogen and oxygen atoms in total. The molecule has 0 aliphatic rings. The first-order valence-electron chi connectivity index (χ1n) is 8.89. The number of hydrogen-bond acceptors (Lipinski definition) is 4. The first-order valence-corrected chi connectivity index (χ1v) is 8.89. The summed E-state index contributed by atoms with van der Waals surface area (Å²) in [6, 6.07) is 20.9. The van der Waals surface area contributed by atoms with Crippen molar-refractivity contribution >= 4 is 11.8 Å². The second kappa shape index (κ2) is 9.89. The SMILES string of the molecule is O=C(NNC(=O)c1ccccc1OCCOc1ccccc1)c1ccc(F)cc1. The Morgan fingerprint density at radius 2 is 1.34 bits per heavy atom. The first-order chi connectivity index (χ1) is 14.1. The predicted molar refractivity (Wildman–Crippen MR) is 105 cm³/mol. The molecular formula is C22H19FN2O4. The molecule has 0 bridgehead atoms. The zero-order valence-electron chi connectivity index (χ0n) is 15.4. The molecule has 0 aromatic heterocycles. The molecule has 2 amide bonds. The number of hydrazine groups is 1. The van der Waals surface area contributed by atoms with Gasteiger partial charge in [-0.3, -0.25) is 20.4 Å². The molecular weight excluding hydrogens is 375 g/mol. The van der Waals surface area contributed by atoms with Crippen LogP contribution in [0, 0.1) is 5.82 Å². The van der Waals surface area contributed by atoms with Crippen molar-refractivity contribution in [2.45, 2.75) is 0 Å². The number of nitrogens with one attached hydrogen (secondary N) is 2. The van der Waals surface area contributed by atoms with E-state index in [1.54, 1.807) is 24.3 Å². The van der Waals surface area contributed by atoms with Gasteiger partial charge < -0.3 is 9.47 Å². The number of carbonyl (C=O) groups is 2. The zero-order valence-corrected chi connectivity index (χ0v) is 15.4. The van der Waals surface area contributed by atoms with E-state index in [2.05, 4.69) is 10.9 Å². The van der Waals surface area contributed by atoms with E-state index in [-0.39, 0.29) is 17.7 Å². The number of rotatable bonds is 7. The number of para-hydroxylation sites is 2. The van der Waals surface area contributed by atoms with Gasteiger partial charge in [-0.25, -0.2) is 4.39 Å². The number of hydrogen-bond donors (Lipinski definition) is 2. The fourth-order valence-electron chi connectivity index (χ4n) is 2.46. The van der Waals surface area contributed by atoms with E-state index >= 15 is 0 Å². The Balaban J connectivity index is 1.52. The van der Waals surface area contributed by atoms with Gasteiger partial charge in [0.05, 0.1) is 5.56 Å². The van der Waals surface area contributed by atoms with Gasteiger partial charge in [0.1, 0.15) is 30.5 Å². The molecule has 7 heteroatoms. The van der Waals surface area contributed by atoms with Crippen molar-refractivity contribution in [1.29, 1.82) is 0 Å². The summed E-state index contributed by atoms with van der Waals surface area (Å²) in [5, 5.41) is 0. The van der Waals surface area contributed by atoms with E-state index < -0.39 is 17.6 Å². The van der Waals surface area contributed by atoms with Gasteiger partial charge in [0.2, 0.25) is 0 Å². The van der Waals surface area contributed by atoms with Crippen molar-refractivity contribution in [3.63, 3.8) is 0 Å². The Morgan fingerprint density at radius 1 is 0.724 bits per heavy atom. The normalized spacial score (nSPS) is 10.1. The van der Waals surface area contributed by atoms with E-state index in [4.69, 9.17) is 9.47 Å². The molecule has 0 aliphatic heterocycles. The van der Waals surface area contributed by atoms with Crippen LogP contribution < -0.4 is 20.3 Å². The quantitative estimate of drug-likeness (QED) is 0.476. The van der Waals surface area contributed by atoms with Gasteiger partial charge in [0, 0.05) is 5.56 Å². The molecule has 148 valence electrons. The molecule has 0 spiro atoms. The minimum atomic E-state index is -0.562. The van der Waals surface area contributed by atoms with Gasteiger partial charge in [0.25, 0.3) is 11.8 Å². The van der Waals surface area contributed by atoms with Crippen LogP contribution in [0.1, 0.15) is 20.7 Å². The molecule has 0 aliphatic carbocycles. The lowest BCUT2D eigenvalue weighted by Crippen LogP contribution is -2.41. The molecule has 0 unspecified atom stereocenters. The Bertz CT molecular complexity index is 962. The van der Waals surface area contributed by atoms with Crippen LogP contribution in [-0.2, 0) is 0 Å². The summed E-state index contributed by atoms with van der Waals surface area (Å²) in [5.41, 5.74) is 5.09. The third-order valence-corrected chi connectivity index (χ3v) is 3.88. The van der Waals surface area contributed by atoms with Gasteiger partial charge in [-0.15, -0.1) is 0 Å². The third-order valence-electron chi connectivity index (χ3n) is 3.88. The van der Waals surface area contributed by atoms with Crippen molar-refractivity contribution in [1.82, 2.24) is 10.9 Å². The maximum absolute atomic E-state index is 12.9. The van der Waals surface area contributed by atoms with Gasteiger partial charge >= 0.3 is 0 Å². The third kappa shape index (κ3) is 5.80. The maximum atomic E-state index is 12.9. The molecule has 3 rings (SSSR count). The summed E-state index contributed by atoms with van der Waals surface area (Å²) in [6.45, 7) is 0.544. The fourth-order valence-corrected chi connectivity index (χ4v) is 2.46. The summed E-state index contributed by atoms with van der Waals surface area (Å²) in [5.74, 6) is -0.468. The monoisotopic (exact) mass is 394 g/mol. The Hall–Kier alpha value is -3.87. The van der Waals surface area contributed by atoms with Crippen molar-refractivity contribution in [2.24, 2.45) is 0 Å². The highest BCUT2D eigenvalue weighted by molar-refractivity contribution is 6.00. The lowest BCUT2D eigenvalue weighted by Gasteiger charge is -2.13. The summed E-state index contributed by atoms with van der Waals surface area (Å²) >= 11 is 0. The second-order valence-electron chi connectivity index (χ2n) is 5.92. The van der Waals surface area contributed by atoms with E-state index in [9.17, 15) is 14.0 Å². The Labute approximate surface area is 167 Å². The minimum absolute atomic E-state index is 0.217. The van der Waals surface area contributed by atoms with Crippen LogP contribution in [0.25, 0.3) is 0 Å². The molecule has 0 heterocycles. The molecule has 0 atom stereocenters. The van der Waals surface area contributed by atoms with Crippen molar-refractivity contribution < 1.29 is 23.5 Å². The van der Waals surface area contributed by atoms with E-state index in [1.165, 1.54) is 12.1 Å². The minimum Gasteiger partial charge on any atom is -0.490 e. The predicted octanol–water partition coefficient (Wildman–Crippen LogP) is 3.36. The summed E-state index contributed by atoms with van der Waals surface area (Å²) in [6.07, 6.45) is 0. The van der Waals surface area contributed by atoms with Crippen LogP contribution in [-0.4, -0.2) is 25.0 Å². The Morgan fingerprint density at radius 3 is 2.10 bits per heavy atom. The average Bonchev–Trinajstić information content (AvgIpc) is 2.76. The lowest BCUT2D eigenvalue weighted by molar-refractivity contribution is 0.0843. The summed E-state index contributed by atoms with van der Waals surface area (Å²) in [4.78, 5) is 24.4. The van der Waals surface area contributed by atoms with Crippen molar-refractivity contribution in [3.05, 3.63) is 95.8 Å². The number of ether oxygens (including phenoxy) is 2. The van der Waals surface area contributed by atoms with Crippen molar-refractivity contribution in [3.8, 4) is 11.5 Å². The van der Waals surface area contributed by atoms with E-state index in [1.807, 2.05) is 30.3 Å². The standard InChI is InChI=1S/C22H19FN2O4/c23-17-12-10-16(11-13-17)21(26)24-25-22(27)19-8-4-5-9-20(19)29-15-14-28-18-6-2-1-3-7-18/h1-13H,14-15H2,(H,24,26)(H,25,27). The summed E-state index contributed by atoms with van der Waals surface area (Å²) < 4.78 is 24.1. The first kappa shape index (κ1) is 19.9.